The second-order valence-corrected chi connectivity index (χ2v) is 18.5. The molecule has 0 heterocycles. The highest BCUT2D eigenvalue weighted by Gasteiger charge is 2.23. The number of quaternary nitrogens is 1. The summed E-state index contributed by atoms with van der Waals surface area (Å²) in [5.41, 5.74) is 0. The fourth-order valence-electron chi connectivity index (χ4n) is 6.39. The summed E-state index contributed by atoms with van der Waals surface area (Å²) >= 11 is 0. The van der Waals surface area contributed by atoms with Gasteiger partial charge < -0.3 is 28.8 Å². The maximum Gasteiger partial charge on any atom is 0.268 e. The van der Waals surface area contributed by atoms with Crippen molar-refractivity contribution >= 4 is 13.7 Å². The number of rotatable bonds is 42. The average molecular weight is 847 g/mol. The Morgan fingerprint density at radius 2 is 1.05 bits per heavy atom. The fraction of sp³-hybridized carbons (Fsp3) is 0.740. The highest BCUT2D eigenvalue weighted by atomic mass is 31.2. The van der Waals surface area contributed by atoms with Crippen LogP contribution >= 0.6 is 7.82 Å². The third-order valence-corrected chi connectivity index (χ3v) is 11.1. The van der Waals surface area contributed by atoms with Crippen LogP contribution in [0.4, 0.5) is 0 Å². The van der Waals surface area contributed by atoms with E-state index in [-0.39, 0.29) is 12.5 Å². The Balaban J connectivity index is 4.47. The average Bonchev–Trinajstić information content (AvgIpc) is 3.19. The van der Waals surface area contributed by atoms with E-state index in [1.165, 1.54) is 89.9 Å². The summed E-state index contributed by atoms with van der Waals surface area (Å²) in [5.74, 6) is -0.224. The van der Waals surface area contributed by atoms with Crippen LogP contribution < -0.4 is 10.2 Å². The van der Waals surface area contributed by atoms with Crippen molar-refractivity contribution in [1.29, 1.82) is 0 Å². The molecule has 1 amide bonds. The van der Waals surface area contributed by atoms with Crippen molar-refractivity contribution in [2.75, 3.05) is 40.9 Å². The van der Waals surface area contributed by atoms with E-state index in [2.05, 4.69) is 79.9 Å². The molecule has 0 rings (SSSR count). The number of aliphatic hydroxyl groups excluding tert-OH is 1. The zero-order chi connectivity index (χ0) is 43.6. The van der Waals surface area contributed by atoms with Crippen molar-refractivity contribution in [1.82, 2.24) is 5.32 Å². The first-order valence-corrected chi connectivity index (χ1v) is 25.3. The lowest BCUT2D eigenvalue weighted by Gasteiger charge is -2.29. The van der Waals surface area contributed by atoms with Gasteiger partial charge in [0.25, 0.3) is 7.82 Å². The molecule has 0 bridgehead atoms. The van der Waals surface area contributed by atoms with Gasteiger partial charge in [-0.15, -0.1) is 0 Å². The molecule has 0 aliphatic carbocycles. The molecule has 3 unspecified atom stereocenters. The van der Waals surface area contributed by atoms with E-state index >= 15 is 0 Å². The van der Waals surface area contributed by atoms with Gasteiger partial charge in [-0.2, -0.15) is 0 Å². The number of hydrogen-bond acceptors (Lipinski definition) is 6. The van der Waals surface area contributed by atoms with E-state index in [4.69, 9.17) is 9.05 Å². The molecule has 0 aliphatic rings. The van der Waals surface area contributed by atoms with E-state index in [9.17, 15) is 19.4 Å². The molecule has 3 atom stereocenters. The molecule has 0 radical (unpaired) electrons. The molecule has 0 aromatic rings. The molecule has 2 N–H and O–H groups in total. The molecule has 8 nitrogen and oxygen atoms in total. The molecule has 0 fully saturated rings. The van der Waals surface area contributed by atoms with Gasteiger partial charge in [-0.25, -0.2) is 0 Å². The van der Waals surface area contributed by atoms with Crippen molar-refractivity contribution in [3.63, 3.8) is 0 Å². The van der Waals surface area contributed by atoms with Crippen molar-refractivity contribution in [2.45, 2.75) is 199 Å². The molecule has 0 saturated heterocycles. The summed E-state index contributed by atoms with van der Waals surface area (Å²) in [5, 5.41) is 13.8. The predicted octanol–water partition coefficient (Wildman–Crippen LogP) is 12.9. The topological polar surface area (TPSA) is 108 Å². The van der Waals surface area contributed by atoms with Gasteiger partial charge in [0.2, 0.25) is 5.91 Å². The molecule has 0 spiro atoms. The number of allylic oxidation sites excluding steroid dienone is 11. The smallest absolute Gasteiger partial charge is 0.268 e. The Bertz CT molecular complexity index is 1190. The lowest BCUT2D eigenvalue weighted by molar-refractivity contribution is -0.870. The minimum Gasteiger partial charge on any atom is -0.756 e. The zero-order valence-corrected chi connectivity index (χ0v) is 39.6. The number of amides is 1. The standard InChI is InChI=1S/C50H91N2O6P/c1-6-8-10-12-14-16-18-20-22-24-26-28-30-32-34-36-38-40-42-44-50(54)51-48(47-58-59(55,56)57-46-45-52(3,4)5)49(53)43-41-39-37-35-33-31-29-27-25-23-21-19-17-15-13-11-9-7-2/h8,10,14,16,20,22,26,28,33,35,41,43,48-49,53H,6-7,9,11-13,15,17-19,21,23-25,27,29-32,34,36-40,42,44-47H2,1-5H3,(H-,51,54,55,56)/b10-8-,16-14-,22-20-,28-26-,35-33+,43-41+. The Morgan fingerprint density at radius 3 is 1.58 bits per heavy atom. The first-order valence-electron chi connectivity index (χ1n) is 23.8. The van der Waals surface area contributed by atoms with E-state index in [0.717, 1.165) is 77.0 Å². The number of carbonyl (C=O) groups excluding carboxylic acids is 1. The van der Waals surface area contributed by atoms with Crippen LogP contribution in [0.1, 0.15) is 187 Å². The fourth-order valence-corrected chi connectivity index (χ4v) is 7.12. The van der Waals surface area contributed by atoms with Crippen LogP contribution in [-0.4, -0.2) is 68.5 Å². The lowest BCUT2D eigenvalue weighted by atomic mass is 10.0. The lowest BCUT2D eigenvalue weighted by Crippen LogP contribution is -2.45. The summed E-state index contributed by atoms with van der Waals surface area (Å²) < 4.78 is 23.2. The predicted molar refractivity (Wildman–Crippen MR) is 251 cm³/mol. The van der Waals surface area contributed by atoms with Crippen LogP contribution in [0, 0.1) is 0 Å². The van der Waals surface area contributed by atoms with Crippen LogP contribution in [-0.2, 0) is 18.4 Å². The number of unbranched alkanes of at least 4 members (excludes halogenated alkanes) is 19. The number of hydrogen-bond donors (Lipinski definition) is 2. The van der Waals surface area contributed by atoms with Crippen LogP contribution in [0.25, 0.3) is 0 Å². The van der Waals surface area contributed by atoms with Gasteiger partial charge in [-0.3, -0.25) is 9.36 Å². The highest BCUT2D eigenvalue weighted by Crippen LogP contribution is 2.38. The monoisotopic (exact) mass is 847 g/mol. The second kappa shape index (κ2) is 41.3. The minimum absolute atomic E-state index is 0.0129. The van der Waals surface area contributed by atoms with E-state index in [1.807, 2.05) is 27.2 Å². The van der Waals surface area contributed by atoms with Gasteiger partial charge in [0, 0.05) is 6.42 Å². The Hall–Kier alpha value is -2.06. The molecule has 342 valence electrons. The van der Waals surface area contributed by atoms with Crippen molar-refractivity contribution in [2.24, 2.45) is 0 Å². The molecular formula is C50H91N2O6P. The molecular weight excluding hydrogens is 756 g/mol. The Morgan fingerprint density at radius 1 is 0.610 bits per heavy atom. The molecule has 0 aromatic heterocycles. The third kappa shape index (κ3) is 43.8. The number of phosphoric ester groups is 1. The van der Waals surface area contributed by atoms with Gasteiger partial charge in [0.1, 0.15) is 13.2 Å². The number of nitrogens with zero attached hydrogens (tertiary/aromatic N) is 1. The van der Waals surface area contributed by atoms with E-state index in [1.54, 1.807) is 6.08 Å². The van der Waals surface area contributed by atoms with E-state index < -0.39 is 26.6 Å². The van der Waals surface area contributed by atoms with Crippen LogP contribution in [0.3, 0.4) is 0 Å². The molecule has 9 heteroatoms. The van der Waals surface area contributed by atoms with Crippen LogP contribution in [0.5, 0.6) is 0 Å². The quantitative estimate of drug-likeness (QED) is 0.0274. The maximum atomic E-state index is 12.9. The van der Waals surface area contributed by atoms with Gasteiger partial charge in [-0.1, -0.05) is 183 Å². The summed E-state index contributed by atoms with van der Waals surface area (Å²) in [6.07, 6.45) is 55.2. The van der Waals surface area contributed by atoms with Gasteiger partial charge >= 0.3 is 0 Å². The number of carbonyl (C=O) groups is 1. The second-order valence-electron chi connectivity index (χ2n) is 17.1. The maximum absolute atomic E-state index is 12.9. The van der Waals surface area contributed by atoms with Crippen LogP contribution in [0.15, 0.2) is 72.9 Å². The molecule has 0 aromatic carbocycles. The Kier molecular flexibility index (Phi) is 39.9. The summed E-state index contributed by atoms with van der Waals surface area (Å²) in [6, 6.07) is -0.914. The first kappa shape index (κ1) is 56.9. The van der Waals surface area contributed by atoms with Crippen molar-refractivity contribution in [3.05, 3.63) is 72.9 Å². The summed E-state index contributed by atoms with van der Waals surface area (Å²) in [6.45, 7) is 4.49. The highest BCUT2D eigenvalue weighted by molar-refractivity contribution is 7.45. The minimum atomic E-state index is -4.61. The van der Waals surface area contributed by atoms with Gasteiger partial charge in [0.05, 0.1) is 39.9 Å². The number of nitrogens with one attached hydrogen (secondary N) is 1. The number of likely N-dealkylation sites (N-methyl/N-ethyl adjacent to an activating group) is 1. The third-order valence-electron chi connectivity index (χ3n) is 10.2. The van der Waals surface area contributed by atoms with Crippen molar-refractivity contribution < 1.29 is 32.9 Å². The molecule has 0 saturated carbocycles. The summed E-state index contributed by atoms with van der Waals surface area (Å²) in [4.78, 5) is 25.4. The van der Waals surface area contributed by atoms with Crippen molar-refractivity contribution in [3.8, 4) is 0 Å². The first-order chi connectivity index (χ1) is 28.5. The number of aliphatic hydroxyl groups is 1. The van der Waals surface area contributed by atoms with Crippen LogP contribution in [0.2, 0.25) is 0 Å². The zero-order valence-electron chi connectivity index (χ0n) is 38.7. The largest absolute Gasteiger partial charge is 0.756 e. The number of phosphoric acid groups is 1. The Labute approximate surface area is 364 Å². The van der Waals surface area contributed by atoms with Gasteiger partial charge in [-0.05, 0) is 70.6 Å². The SMILES string of the molecule is CC/C=C\C/C=C\C/C=C\C/C=C\CCCCCCCCC(=O)NC(COP(=O)([O-])OCC[N+](C)(C)C)C(O)/C=C/CC/C=C/CCCCCCCCCCCCCC. The molecule has 0 aliphatic heterocycles. The van der Waals surface area contributed by atoms with Gasteiger partial charge in [0.15, 0.2) is 0 Å². The normalized spacial score (nSPS) is 14.9. The summed E-state index contributed by atoms with van der Waals surface area (Å²) in [7, 11) is 1.22. The van der Waals surface area contributed by atoms with E-state index in [0.29, 0.717) is 17.4 Å². The molecule has 59 heavy (non-hydrogen) atoms.